The van der Waals surface area contributed by atoms with Gasteiger partial charge in [-0.3, -0.25) is 19.6 Å². The van der Waals surface area contributed by atoms with Crippen LogP contribution in [0.15, 0.2) is 24.4 Å². The standard InChI is InChI=1S/C18H22N4O5/c1-10(15-9-21(18(3,4)5)20-11(15)2)19-16(23)12-6-13(17(24)25)8-14(7-12)22(26)27/h6-10H,1-5H3,(H,19,23)(H,24,25). The minimum Gasteiger partial charge on any atom is -0.478 e. The number of aromatic nitrogens is 2. The van der Waals surface area contributed by atoms with Crippen LogP contribution in [0.1, 0.15) is 65.7 Å². The number of non-ortho nitro benzene ring substituents is 1. The molecule has 2 rings (SSSR count). The quantitative estimate of drug-likeness (QED) is 0.611. The first kappa shape index (κ1) is 20.1. The Balaban J connectivity index is 2.30. The van der Waals surface area contributed by atoms with Gasteiger partial charge in [0, 0.05) is 29.5 Å². The van der Waals surface area contributed by atoms with Crippen LogP contribution in [-0.4, -0.2) is 31.7 Å². The van der Waals surface area contributed by atoms with Crippen LogP contribution in [0.4, 0.5) is 5.69 Å². The normalized spacial score (nSPS) is 12.5. The summed E-state index contributed by atoms with van der Waals surface area (Å²) in [5.74, 6) is -1.94. The van der Waals surface area contributed by atoms with Gasteiger partial charge in [0.05, 0.1) is 27.8 Å². The van der Waals surface area contributed by atoms with E-state index in [0.717, 1.165) is 29.5 Å². The molecule has 2 N–H and O–H groups in total. The van der Waals surface area contributed by atoms with E-state index in [1.165, 1.54) is 0 Å². The van der Waals surface area contributed by atoms with Crippen molar-refractivity contribution in [1.29, 1.82) is 0 Å². The number of aromatic carboxylic acids is 1. The number of nitro groups is 1. The second kappa shape index (κ2) is 7.18. The molecule has 0 aliphatic heterocycles. The van der Waals surface area contributed by atoms with Gasteiger partial charge in [-0.2, -0.15) is 5.10 Å². The van der Waals surface area contributed by atoms with Gasteiger partial charge in [0.1, 0.15) is 0 Å². The Labute approximate surface area is 156 Å². The second-order valence-corrected chi connectivity index (χ2v) is 7.31. The Morgan fingerprint density at radius 2 is 1.85 bits per heavy atom. The molecule has 9 nitrogen and oxygen atoms in total. The summed E-state index contributed by atoms with van der Waals surface area (Å²) in [4.78, 5) is 34.0. The van der Waals surface area contributed by atoms with Crippen LogP contribution in [0.25, 0.3) is 0 Å². The van der Waals surface area contributed by atoms with Crippen molar-refractivity contribution in [3.8, 4) is 0 Å². The number of amides is 1. The fourth-order valence-corrected chi connectivity index (χ4v) is 2.57. The summed E-state index contributed by atoms with van der Waals surface area (Å²) in [7, 11) is 0. The lowest BCUT2D eigenvalue weighted by Gasteiger charge is -2.19. The van der Waals surface area contributed by atoms with Crippen LogP contribution in [0, 0.1) is 17.0 Å². The van der Waals surface area contributed by atoms with Gasteiger partial charge >= 0.3 is 5.97 Å². The number of carboxylic acids is 1. The van der Waals surface area contributed by atoms with Crippen molar-refractivity contribution < 1.29 is 19.6 Å². The Kier molecular flexibility index (Phi) is 5.34. The highest BCUT2D eigenvalue weighted by molar-refractivity contribution is 5.98. The molecule has 1 unspecified atom stereocenters. The minimum absolute atomic E-state index is 0.0886. The number of aryl methyl sites for hydroxylation is 1. The maximum Gasteiger partial charge on any atom is 0.335 e. The van der Waals surface area contributed by atoms with E-state index in [1.807, 2.05) is 33.9 Å². The summed E-state index contributed by atoms with van der Waals surface area (Å²) in [5, 5.41) is 27.3. The third-order valence-electron chi connectivity index (χ3n) is 4.08. The number of benzene rings is 1. The second-order valence-electron chi connectivity index (χ2n) is 7.31. The highest BCUT2D eigenvalue weighted by Crippen LogP contribution is 2.22. The zero-order valence-electron chi connectivity index (χ0n) is 15.8. The Hall–Kier alpha value is -3.23. The molecule has 0 saturated heterocycles. The maximum absolute atomic E-state index is 12.5. The summed E-state index contributed by atoms with van der Waals surface area (Å²) in [6.45, 7) is 9.61. The van der Waals surface area contributed by atoms with Crippen molar-refractivity contribution in [2.75, 3.05) is 0 Å². The van der Waals surface area contributed by atoms with E-state index < -0.39 is 28.5 Å². The first-order valence-corrected chi connectivity index (χ1v) is 8.30. The lowest BCUT2D eigenvalue weighted by atomic mass is 10.1. The van der Waals surface area contributed by atoms with Gasteiger partial charge in [0.25, 0.3) is 11.6 Å². The molecular weight excluding hydrogens is 352 g/mol. The third-order valence-corrected chi connectivity index (χ3v) is 4.08. The Morgan fingerprint density at radius 3 is 2.33 bits per heavy atom. The molecule has 0 bridgehead atoms. The van der Waals surface area contributed by atoms with E-state index >= 15 is 0 Å². The summed E-state index contributed by atoms with van der Waals surface area (Å²) in [5.41, 5.74) is 0.478. The molecule has 1 amide bonds. The molecule has 1 aromatic carbocycles. The van der Waals surface area contributed by atoms with Gasteiger partial charge in [0.2, 0.25) is 0 Å². The van der Waals surface area contributed by atoms with Gasteiger partial charge in [-0.05, 0) is 40.7 Å². The van der Waals surface area contributed by atoms with E-state index in [2.05, 4.69) is 10.4 Å². The highest BCUT2D eigenvalue weighted by Gasteiger charge is 2.22. The van der Waals surface area contributed by atoms with E-state index in [4.69, 9.17) is 5.11 Å². The summed E-state index contributed by atoms with van der Waals surface area (Å²) >= 11 is 0. The number of carboxylic acid groups (broad SMARTS) is 1. The Morgan fingerprint density at radius 1 is 1.26 bits per heavy atom. The van der Waals surface area contributed by atoms with Crippen LogP contribution in [0.5, 0.6) is 0 Å². The number of rotatable bonds is 5. The number of carbonyl (C=O) groups is 2. The van der Waals surface area contributed by atoms with Crippen molar-refractivity contribution in [2.45, 2.75) is 46.2 Å². The van der Waals surface area contributed by atoms with Crippen LogP contribution in [0.2, 0.25) is 0 Å². The molecule has 0 spiro atoms. The van der Waals surface area contributed by atoms with Crippen LogP contribution < -0.4 is 5.32 Å². The molecule has 0 saturated carbocycles. The molecule has 2 aromatic rings. The topological polar surface area (TPSA) is 127 Å². The summed E-state index contributed by atoms with van der Waals surface area (Å²) in [6.07, 6.45) is 1.84. The third kappa shape index (κ3) is 4.49. The van der Waals surface area contributed by atoms with Crippen LogP contribution >= 0.6 is 0 Å². The summed E-state index contributed by atoms with van der Waals surface area (Å²) < 4.78 is 1.80. The smallest absolute Gasteiger partial charge is 0.335 e. The predicted octanol–water partition coefficient (Wildman–Crippen LogP) is 3.04. The monoisotopic (exact) mass is 374 g/mol. The molecule has 144 valence electrons. The highest BCUT2D eigenvalue weighted by atomic mass is 16.6. The Bertz CT molecular complexity index is 879. The maximum atomic E-state index is 12.5. The first-order valence-electron chi connectivity index (χ1n) is 8.30. The van der Waals surface area contributed by atoms with Crippen LogP contribution in [0.3, 0.4) is 0 Å². The molecule has 0 radical (unpaired) electrons. The fourth-order valence-electron chi connectivity index (χ4n) is 2.57. The van der Waals surface area contributed by atoms with Gasteiger partial charge in [-0.1, -0.05) is 0 Å². The van der Waals surface area contributed by atoms with Crippen molar-refractivity contribution in [2.24, 2.45) is 0 Å². The molecule has 1 aromatic heterocycles. The van der Waals surface area contributed by atoms with Gasteiger partial charge in [-0.15, -0.1) is 0 Å². The van der Waals surface area contributed by atoms with Crippen molar-refractivity contribution in [3.05, 3.63) is 56.9 Å². The van der Waals surface area contributed by atoms with E-state index in [9.17, 15) is 19.7 Å². The summed E-state index contributed by atoms with van der Waals surface area (Å²) in [6, 6.07) is 2.67. The number of nitro benzene ring substituents is 1. The van der Waals surface area contributed by atoms with Gasteiger partial charge in [-0.25, -0.2) is 4.79 Å². The molecule has 1 atom stereocenters. The SMILES string of the molecule is Cc1nn(C(C)(C)C)cc1C(C)NC(=O)c1cc(C(=O)O)cc([N+](=O)[O-])c1. The van der Waals surface area contributed by atoms with E-state index in [1.54, 1.807) is 11.6 Å². The largest absolute Gasteiger partial charge is 0.478 e. The molecule has 27 heavy (non-hydrogen) atoms. The molecule has 0 aliphatic rings. The number of nitrogens with one attached hydrogen (secondary N) is 1. The van der Waals surface area contributed by atoms with Crippen molar-refractivity contribution in [3.63, 3.8) is 0 Å². The fraction of sp³-hybridized carbons (Fsp3) is 0.389. The number of carbonyl (C=O) groups excluding carboxylic acids is 1. The zero-order chi connectivity index (χ0) is 20.5. The minimum atomic E-state index is -1.34. The van der Waals surface area contributed by atoms with Gasteiger partial charge in [0.15, 0.2) is 0 Å². The van der Waals surface area contributed by atoms with E-state index in [0.29, 0.717) is 0 Å². The lowest BCUT2D eigenvalue weighted by Crippen LogP contribution is -2.27. The van der Waals surface area contributed by atoms with Crippen molar-refractivity contribution >= 4 is 17.6 Å². The molecule has 0 fully saturated rings. The lowest BCUT2D eigenvalue weighted by molar-refractivity contribution is -0.384. The van der Waals surface area contributed by atoms with Crippen molar-refractivity contribution in [1.82, 2.24) is 15.1 Å². The van der Waals surface area contributed by atoms with E-state index in [-0.39, 0.29) is 16.7 Å². The number of hydrogen-bond acceptors (Lipinski definition) is 5. The number of hydrogen-bond donors (Lipinski definition) is 2. The predicted molar refractivity (Wildman–Crippen MR) is 97.9 cm³/mol. The molecule has 1 heterocycles. The number of nitrogens with zero attached hydrogens (tertiary/aromatic N) is 3. The van der Waals surface area contributed by atoms with Crippen LogP contribution in [-0.2, 0) is 5.54 Å². The molecular formula is C18H22N4O5. The zero-order valence-corrected chi connectivity index (χ0v) is 15.8. The average molecular weight is 374 g/mol. The molecule has 9 heteroatoms. The average Bonchev–Trinajstić information content (AvgIpc) is 2.96. The van der Waals surface area contributed by atoms with Gasteiger partial charge < -0.3 is 10.4 Å². The molecule has 0 aliphatic carbocycles. The first-order chi connectivity index (χ1) is 12.4.